The Morgan fingerprint density at radius 2 is 1.79 bits per heavy atom. The van der Waals surface area contributed by atoms with Crippen molar-refractivity contribution in [3.8, 4) is 11.8 Å². The molecule has 3 heteroatoms. The van der Waals surface area contributed by atoms with Crippen molar-refractivity contribution in [1.82, 2.24) is 0 Å². The second kappa shape index (κ2) is 4.43. The van der Waals surface area contributed by atoms with Crippen molar-refractivity contribution in [3.63, 3.8) is 0 Å². The van der Waals surface area contributed by atoms with Gasteiger partial charge in [0.25, 0.3) is 0 Å². The van der Waals surface area contributed by atoms with Gasteiger partial charge in [0.15, 0.2) is 0 Å². The molecule has 1 aliphatic carbocycles. The van der Waals surface area contributed by atoms with E-state index in [1.807, 2.05) is 0 Å². The third-order valence-corrected chi connectivity index (χ3v) is 2.04. The lowest BCUT2D eigenvalue weighted by atomic mass is 9.87. The molecule has 0 amide bonds. The Bertz CT molecular complexity index is 308. The summed E-state index contributed by atoms with van der Waals surface area (Å²) in [6, 6.07) is 0. The van der Waals surface area contributed by atoms with Gasteiger partial charge < -0.3 is 15.3 Å². The standard InChI is InChI=1S/C11H14O3/c1-7(2)3-4-8-9(12)5-6-10(13)11(8)14/h5-6,8-14H,1H2,2H3/t8?,9-,10-,11-/m0/s1. The van der Waals surface area contributed by atoms with Crippen LogP contribution in [0.4, 0.5) is 0 Å². The fraction of sp³-hybridized carbons (Fsp3) is 0.455. The highest BCUT2D eigenvalue weighted by Gasteiger charge is 2.31. The van der Waals surface area contributed by atoms with Gasteiger partial charge in [-0.2, -0.15) is 0 Å². The second-order valence-corrected chi connectivity index (χ2v) is 3.43. The highest BCUT2D eigenvalue weighted by Crippen LogP contribution is 2.19. The predicted molar refractivity (Wildman–Crippen MR) is 53.2 cm³/mol. The molecular weight excluding hydrogens is 180 g/mol. The lowest BCUT2D eigenvalue weighted by molar-refractivity contribution is -0.0172. The van der Waals surface area contributed by atoms with Crippen molar-refractivity contribution in [2.45, 2.75) is 25.2 Å². The van der Waals surface area contributed by atoms with Gasteiger partial charge in [-0.25, -0.2) is 0 Å². The number of aliphatic hydroxyl groups is 3. The molecule has 1 rings (SSSR count). The molecule has 0 aliphatic heterocycles. The summed E-state index contributed by atoms with van der Waals surface area (Å²) in [6.45, 7) is 5.33. The Morgan fingerprint density at radius 3 is 2.36 bits per heavy atom. The Morgan fingerprint density at radius 1 is 1.21 bits per heavy atom. The Hall–Kier alpha value is -1.08. The van der Waals surface area contributed by atoms with Gasteiger partial charge in [-0.05, 0) is 12.5 Å². The van der Waals surface area contributed by atoms with E-state index in [0.717, 1.165) is 0 Å². The third-order valence-electron chi connectivity index (χ3n) is 2.04. The topological polar surface area (TPSA) is 60.7 Å². The molecule has 0 bridgehead atoms. The average Bonchev–Trinajstić information content (AvgIpc) is 2.11. The lowest BCUT2D eigenvalue weighted by Gasteiger charge is -2.27. The largest absolute Gasteiger partial charge is 0.389 e. The van der Waals surface area contributed by atoms with Gasteiger partial charge >= 0.3 is 0 Å². The van der Waals surface area contributed by atoms with Crippen LogP contribution in [-0.2, 0) is 0 Å². The maximum atomic E-state index is 9.53. The van der Waals surface area contributed by atoms with Crippen molar-refractivity contribution in [2.24, 2.45) is 5.92 Å². The zero-order valence-corrected chi connectivity index (χ0v) is 8.01. The first-order valence-corrected chi connectivity index (χ1v) is 4.42. The van der Waals surface area contributed by atoms with Gasteiger partial charge in [-0.15, -0.1) is 0 Å². The number of allylic oxidation sites excluding steroid dienone is 1. The molecule has 0 fully saturated rings. The first-order chi connectivity index (χ1) is 6.52. The summed E-state index contributed by atoms with van der Waals surface area (Å²) in [6.07, 6.45) is -0.0198. The first kappa shape index (κ1) is 11.0. The van der Waals surface area contributed by atoms with Crippen LogP contribution in [0.5, 0.6) is 0 Å². The van der Waals surface area contributed by atoms with Crippen LogP contribution in [0.1, 0.15) is 6.92 Å². The third kappa shape index (κ3) is 2.46. The SMILES string of the molecule is C=C(C)C#CC1[C@@H](O)C=C[C@H](O)[C@H]1O. The molecule has 3 nitrogen and oxygen atoms in total. The molecule has 0 aromatic rings. The quantitative estimate of drug-likeness (QED) is 0.371. The smallest absolute Gasteiger partial charge is 0.100 e. The van der Waals surface area contributed by atoms with Crippen LogP contribution in [0.2, 0.25) is 0 Å². The number of rotatable bonds is 0. The maximum Gasteiger partial charge on any atom is 0.100 e. The summed E-state index contributed by atoms with van der Waals surface area (Å²) >= 11 is 0. The summed E-state index contributed by atoms with van der Waals surface area (Å²) < 4.78 is 0. The summed E-state index contributed by atoms with van der Waals surface area (Å²) in [5, 5.41) is 28.3. The first-order valence-electron chi connectivity index (χ1n) is 4.42. The summed E-state index contributed by atoms with van der Waals surface area (Å²) in [5.41, 5.74) is 0.661. The Balaban J connectivity index is 2.83. The zero-order valence-electron chi connectivity index (χ0n) is 8.01. The molecule has 0 saturated carbocycles. The van der Waals surface area contributed by atoms with Crippen molar-refractivity contribution < 1.29 is 15.3 Å². The number of hydrogen-bond acceptors (Lipinski definition) is 3. The normalized spacial score (nSPS) is 36.0. The molecule has 4 atom stereocenters. The molecule has 0 heterocycles. The molecule has 0 spiro atoms. The summed E-state index contributed by atoms with van der Waals surface area (Å²) in [5.74, 6) is 4.73. The van der Waals surface area contributed by atoms with Crippen LogP contribution >= 0.6 is 0 Å². The molecule has 1 aliphatic rings. The van der Waals surface area contributed by atoms with E-state index < -0.39 is 24.2 Å². The van der Waals surface area contributed by atoms with Crippen LogP contribution in [0.25, 0.3) is 0 Å². The van der Waals surface area contributed by atoms with E-state index in [2.05, 4.69) is 18.4 Å². The van der Waals surface area contributed by atoms with E-state index in [0.29, 0.717) is 5.57 Å². The van der Waals surface area contributed by atoms with Crippen molar-refractivity contribution in [1.29, 1.82) is 0 Å². The van der Waals surface area contributed by atoms with Crippen LogP contribution in [-0.4, -0.2) is 33.6 Å². The van der Waals surface area contributed by atoms with Crippen molar-refractivity contribution in [2.75, 3.05) is 0 Å². The molecule has 0 saturated heterocycles. The molecule has 3 N–H and O–H groups in total. The Kier molecular flexibility index (Phi) is 3.48. The van der Waals surface area contributed by atoms with Crippen molar-refractivity contribution >= 4 is 0 Å². The van der Waals surface area contributed by atoms with Crippen LogP contribution in [0.15, 0.2) is 24.3 Å². The van der Waals surface area contributed by atoms with E-state index in [4.69, 9.17) is 0 Å². The van der Waals surface area contributed by atoms with E-state index in [-0.39, 0.29) is 0 Å². The summed E-state index contributed by atoms with van der Waals surface area (Å²) in [4.78, 5) is 0. The van der Waals surface area contributed by atoms with Gasteiger partial charge in [0.05, 0.1) is 18.1 Å². The van der Waals surface area contributed by atoms with Crippen LogP contribution in [0.3, 0.4) is 0 Å². The van der Waals surface area contributed by atoms with Gasteiger partial charge in [-0.1, -0.05) is 30.6 Å². The number of hydrogen-bond donors (Lipinski definition) is 3. The minimum atomic E-state index is -1.04. The number of aliphatic hydroxyl groups excluding tert-OH is 3. The lowest BCUT2D eigenvalue weighted by Crippen LogP contribution is -2.41. The van der Waals surface area contributed by atoms with Gasteiger partial charge in [0.2, 0.25) is 0 Å². The maximum absolute atomic E-state index is 9.53. The average molecular weight is 194 g/mol. The second-order valence-electron chi connectivity index (χ2n) is 3.43. The minimum Gasteiger partial charge on any atom is -0.389 e. The zero-order chi connectivity index (χ0) is 10.7. The van der Waals surface area contributed by atoms with Gasteiger partial charge in [-0.3, -0.25) is 0 Å². The highest BCUT2D eigenvalue weighted by molar-refractivity contribution is 5.27. The molecule has 1 unspecified atom stereocenters. The minimum absolute atomic E-state index is 0.647. The van der Waals surface area contributed by atoms with E-state index >= 15 is 0 Å². The van der Waals surface area contributed by atoms with Crippen molar-refractivity contribution in [3.05, 3.63) is 24.3 Å². The van der Waals surface area contributed by atoms with E-state index in [1.165, 1.54) is 12.2 Å². The fourth-order valence-corrected chi connectivity index (χ4v) is 1.25. The predicted octanol–water partition coefficient (Wildman–Crippen LogP) is -0.165. The van der Waals surface area contributed by atoms with E-state index in [1.54, 1.807) is 6.92 Å². The Labute approximate surface area is 83.4 Å². The van der Waals surface area contributed by atoms with Crippen LogP contribution in [0, 0.1) is 17.8 Å². The van der Waals surface area contributed by atoms with Gasteiger partial charge in [0, 0.05) is 0 Å². The molecule has 0 aromatic heterocycles. The molecule has 76 valence electrons. The summed E-state index contributed by atoms with van der Waals surface area (Å²) in [7, 11) is 0. The van der Waals surface area contributed by atoms with E-state index in [9.17, 15) is 15.3 Å². The highest BCUT2D eigenvalue weighted by atomic mass is 16.3. The monoisotopic (exact) mass is 194 g/mol. The molecular formula is C11H14O3. The molecule has 0 aromatic carbocycles. The molecule has 14 heavy (non-hydrogen) atoms. The molecule has 0 radical (unpaired) electrons. The van der Waals surface area contributed by atoms with Crippen LogP contribution < -0.4 is 0 Å². The van der Waals surface area contributed by atoms with Gasteiger partial charge in [0.1, 0.15) is 6.10 Å². The fourth-order valence-electron chi connectivity index (χ4n) is 1.25.